The van der Waals surface area contributed by atoms with Crippen molar-refractivity contribution in [2.75, 3.05) is 0 Å². The summed E-state index contributed by atoms with van der Waals surface area (Å²) in [7, 11) is 0. The maximum atomic E-state index is 13.3. The topological polar surface area (TPSA) is 30.0 Å². The Labute approximate surface area is 116 Å². The highest BCUT2D eigenvalue weighted by Crippen LogP contribution is 2.21. The van der Waals surface area contributed by atoms with Gasteiger partial charge in [0.1, 0.15) is 5.82 Å². The summed E-state index contributed by atoms with van der Waals surface area (Å²) in [5.74, 6) is -0.622. The van der Waals surface area contributed by atoms with Crippen molar-refractivity contribution in [2.24, 2.45) is 0 Å². The smallest absolute Gasteiger partial charge is 0.169 e. The van der Waals surface area contributed by atoms with Crippen molar-refractivity contribution in [1.82, 2.24) is 4.98 Å². The van der Waals surface area contributed by atoms with Crippen molar-refractivity contribution in [3.8, 4) is 0 Å². The lowest BCUT2D eigenvalue weighted by Gasteiger charge is -2.07. The van der Waals surface area contributed by atoms with Gasteiger partial charge in [-0.1, -0.05) is 23.7 Å². The Bertz CT molecular complexity index is 640. The molecule has 0 aliphatic rings. The molecule has 0 atom stereocenters. The monoisotopic (exact) mass is 277 g/mol. The van der Waals surface area contributed by atoms with E-state index in [-0.39, 0.29) is 17.2 Å². The second-order valence-electron chi connectivity index (χ2n) is 4.40. The first-order valence-corrected chi connectivity index (χ1v) is 6.27. The summed E-state index contributed by atoms with van der Waals surface area (Å²) >= 11 is 5.85. The Kier molecular flexibility index (Phi) is 3.96. The van der Waals surface area contributed by atoms with Crippen molar-refractivity contribution in [3.05, 3.63) is 63.7 Å². The number of aromatic nitrogens is 1. The fraction of sp³-hybridized carbons (Fsp3) is 0.200. The first-order valence-electron chi connectivity index (χ1n) is 5.89. The number of carbonyl (C=O) groups is 1. The third kappa shape index (κ3) is 2.99. The molecule has 0 unspecified atom stereocenters. The highest BCUT2D eigenvalue weighted by molar-refractivity contribution is 6.31. The Morgan fingerprint density at radius 3 is 2.68 bits per heavy atom. The van der Waals surface area contributed by atoms with E-state index in [1.165, 1.54) is 6.07 Å². The van der Waals surface area contributed by atoms with Gasteiger partial charge in [0.2, 0.25) is 0 Å². The minimum Gasteiger partial charge on any atom is -0.294 e. The summed E-state index contributed by atoms with van der Waals surface area (Å²) in [4.78, 5) is 16.4. The molecule has 0 radical (unpaired) electrons. The van der Waals surface area contributed by atoms with Crippen LogP contribution in [0.3, 0.4) is 0 Å². The average Bonchev–Trinajstić information content (AvgIpc) is 2.34. The molecule has 1 heterocycles. The second-order valence-corrected chi connectivity index (χ2v) is 4.78. The molecule has 0 spiro atoms. The standard InChI is InChI=1S/C15H13ClFNO/c1-9-6-7-12(10(2)18-9)14(19)8-11-4-3-5-13(17)15(11)16/h3-7H,8H2,1-2H3. The number of nitrogens with zero attached hydrogens (tertiary/aromatic N) is 1. The summed E-state index contributed by atoms with van der Waals surface area (Å²) in [5, 5.41) is 0.00794. The fourth-order valence-corrected chi connectivity index (χ4v) is 2.13. The zero-order valence-electron chi connectivity index (χ0n) is 10.7. The van der Waals surface area contributed by atoms with E-state index >= 15 is 0 Å². The van der Waals surface area contributed by atoms with Crippen LogP contribution in [0.5, 0.6) is 0 Å². The molecule has 0 saturated heterocycles. The van der Waals surface area contributed by atoms with Crippen LogP contribution in [0.2, 0.25) is 5.02 Å². The third-order valence-corrected chi connectivity index (χ3v) is 3.33. The number of carbonyl (C=O) groups excluding carboxylic acids is 1. The number of pyridine rings is 1. The molecule has 1 aromatic heterocycles. The molecule has 0 N–H and O–H groups in total. The Hall–Kier alpha value is -1.74. The van der Waals surface area contributed by atoms with E-state index in [1.54, 1.807) is 31.2 Å². The van der Waals surface area contributed by atoms with Crippen LogP contribution in [-0.2, 0) is 6.42 Å². The van der Waals surface area contributed by atoms with Gasteiger partial charge >= 0.3 is 0 Å². The molecule has 1 aromatic carbocycles. The Morgan fingerprint density at radius 2 is 2.00 bits per heavy atom. The maximum Gasteiger partial charge on any atom is 0.169 e. The number of benzene rings is 1. The zero-order valence-corrected chi connectivity index (χ0v) is 11.5. The second kappa shape index (κ2) is 5.49. The molecule has 0 aliphatic carbocycles. The third-order valence-electron chi connectivity index (χ3n) is 2.91. The van der Waals surface area contributed by atoms with Crippen LogP contribution in [0.4, 0.5) is 4.39 Å². The van der Waals surface area contributed by atoms with Gasteiger partial charge in [0.25, 0.3) is 0 Å². The predicted octanol–water partition coefficient (Wildman–Crippen LogP) is 3.92. The number of rotatable bonds is 3. The van der Waals surface area contributed by atoms with Crippen molar-refractivity contribution >= 4 is 17.4 Å². The predicted molar refractivity (Wildman–Crippen MR) is 73.2 cm³/mol. The van der Waals surface area contributed by atoms with Crippen LogP contribution >= 0.6 is 11.6 Å². The van der Waals surface area contributed by atoms with Crippen LogP contribution < -0.4 is 0 Å². The number of ketones is 1. The highest BCUT2D eigenvalue weighted by Gasteiger charge is 2.14. The number of hydrogen-bond donors (Lipinski definition) is 0. The van der Waals surface area contributed by atoms with Crippen molar-refractivity contribution in [2.45, 2.75) is 20.3 Å². The van der Waals surface area contributed by atoms with Gasteiger partial charge in [0.15, 0.2) is 5.78 Å². The highest BCUT2D eigenvalue weighted by atomic mass is 35.5. The van der Waals surface area contributed by atoms with Crippen molar-refractivity contribution in [3.63, 3.8) is 0 Å². The molecule has 2 rings (SSSR count). The molecule has 19 heavy (non-hydrogen) atoms. The van der Waals surface area contributed by atoms with E-state index in [0.717, 1.165) is 5.69 Å². The first kappa shape index (κ1) is 13.7. The molecule has 0 aliphatic heterocycles. The molecule has 4 heteroatoms. The van der Waals surface area contributed by atoms with E-state index in [4.69, 9.17) is 11.6 Å². The van der Waals surface area contributed by atoms with Gasteiger partial charge in [-0.25, -0.2) is 4.39 Å². The molecular weight excluding hydrogens is 265 g/mol. The maximum absolute atomic E-state index is 13.3. The summed E-state index contributed by atoms with van der Waals surface area (Å²) in [6.07, 6.45) is 0.0716. The quantitative estimate of drug-likeness (QED) is 0.796. The molecule has 0 amide bonds. The number of Topliss-reactive ketones (excluding diaryl/α,β-unsaturated/α-hetero) is 1. The molecule has 2 aromatic rings. The SMILES string of the molecule is Cc1ccc(C(=O)Cc2cccc(F)c2Cl)c(C)n1. The van der Waals surface area contributed by atoms with Crippen LogP contribution in [0.1, 0.15) is 27.3 Å². The Morgan fingerprint density at radius 1 is 1.26 bits per heavy atom. The van der Waals surface area contributed by atoms with Crippen LogP contribution in [-0.4, -0.2) is 10.8 Å². The summed E-state index contributed by atoms with van der Waals surface area (Å²) < 4.78 is 13.3. The average molecular weight is 278 g/mol. The molecule has 98 valence electrons. The van der Waals surface area contributed by atoms with E-state index in [0.29, 0.717) is 16.8 Å². The minimum absolute atomic E-state index is 0.00794. The van der Waals surface area contributed by atoms with Gasteiger partial charge in [0.05, 0.1) is 5.02 Å². The van der Waals surface area contributed by atoms with E-state index in [9.17, 15) is 9.18 Å². The lowest BCUT2D eigenvalue weighted by molar-refractivity contribution is 0.0992. The van der Waals surface area contributed by atoms with Gasteiger partial charge in [-0.2, -0.15) is 0 Å². The van der Waals surface area contributed by atoms with E-state index < -0.39 is 5.82 Å². The largest absolute Gasteiger partial charge is 0.294 e. The number of hydrogen-bond acceptors (Lipinski definition) is 2. The summed E-state index contributed by atoms with van der Waals surface area (Å²) in [5.41, 5.74) is 2.58. The van der Waals surface area contributed by atoms with Gasteiger partial charge < -0.3 is 0 Å². The number of halogens is 2. The van der Waals surface area contributed by atoms with Gasteiger partial charge in [0, 0.05) is 23.4 Å². The molecule has 0 bridgehead atoms. The summed E-state index contributed by atoms with van der Waals surface area (Å²) in [6.45, 7) is 3.65. The van der Waals surface area contributed by atoms with Gasteiger partial charge in [-0.3, -0.25) is 9.78 Å². The van der Waals surface area contributed by atoms with Crippen LogP contribution in [0, 0.1) is 19.7 Å². The van der Waals surface area contributed by atoms with E-state index in [2.05, 4.69) is 4.98 Å². The lowest BCUT2D eigenvalue weighted by atomic mass is 10.0. The molecule has 0 fully saturated rings. The number of aryl methyl sites for hydroxylation is 2. The van der Waals surface area contributed by atoms with Crippen LogP contribution in [0.25, 0.3) is 0 Å². The molecular formula is C15H13ClFNO. The van der Waals surface area contributed by atoms with Crippen molar-refractivity contribution in [1.29, 1.82) is 0 Å². The minimum atomic E-state index is -0.509. The lowest BCUT2D eigenvalue weighted by Crippen LogP contribution is -2.08. The van der Waals surface area contributed by atoms with Gasteiger partial charge in [-0.15, -0.1) is 0 Å². The molecule has 2 nitrogen and oxygen atoms in total. The van der Waals surface area contributed by atoms with Crippen molar-refractivity contribution < 1.29 is 9.18 Å². The van der Waals surface area contributed by atoms with E-state index in [1.807, 2.05) is 6.92 Å². The molecule has 0 saturated carbocycles. The fourth-order valence-electron chi connectivity index (χ4n) is 1.93. The van der Waals surface area contributed by atoms with Gasteiger partial charge in [-0.05, 0) is 37.6 Å². The van der Waals surface area contributed by atoms with Crippen LogP contribution in [0.15, 0.2) is 30.3 Å². The normalized spacial score (nSPS) is 10.5. The zero-order chi connectivity index (χ0) is 14.0. The Balaban J connectivity index is 2.28. The summed E-state index contributed by atoms with van der Waals surface area (Å²) in [6, 6.07) is 8.00. The first-order chi connectivity index (χ1) is 8.99.